The van der Waals surface area contributed by atoms with Crippen LogP contribution in [0.15, 0.2) is 78.0 Å². The van der Waals surface area contributed by atoms with Gasteiger partial charge in [-0.05, 0) is 35.0 Å². The SMILES string of the molecule is O=C(CSc1nnc2c3ccccc3c3ccccc3c2n1)Nc1ccc(F)cc1. The van der Waals surface area contributed by atoms with Gasteiger partial charge >= 0.3 is 0 Å². The molecule has 4 aromatic carbocycles. The van der Waals surface area contributed by atoms with E-state index in [9.17, 15) is 9.18 Å². The van der Waals surface area contributed by atoms with Crippen molar-refractivity contribution in [3.8, 4) is 0 Å². The van der Waals surface area contributed by atoms with E-state index < -0.39 is 0 Å². The number of thioether (sulfide) groups is 1. The molecule has 0 aliphatic heterocycles. The lowest BCUT2D eigenvalue weighted by molar-refractivity contribution is -0.113. The Hall–Kier alpha value is -3.58. The van der Waals surface area contributed by atoms with Crippen LogP contribution >= 0.6 is 11.8 Å². The fourth-order valence-corrected chi connectivity index (χ4v) is 4.04. The van der Waals surface area contributed by atoms with Gasteiger partial charge < -0.3 is 5.32 Å². The van der Waals surface area contributed by atoms with Crippen molar-refractivity contribution in [3.05, 3.63) is 78.6 Å². The monoisotopic (exact) mass is 414 g/mol. The number of carbonyl (C=O) groups excluding carboxylic acids is 1. The number of nitrogens with zero attached hydrogens (tertiary/aromatic N) is 3. The topological polar surface area (TPSA) is 67.8 Å². The van der Waals surface area contributed by atoms with E-state index in [1.54, 1.807) is 0 Å². The molecule has 5 nitrogen and oxygen atoms in total. The standard InChI is InChI=1S/C23H15FN4OS/c24-14-9-11-15(12-10-14)25-20(29)13-30-23-26-21-18-7-3-1-5-16(18)17-6-2-4-8-19(17)22(21)27-28-23/h1-12H,13H2,(H,25,29). The maximum absolute atomic E-state index is 13.0. The highest BCUT2D eigenvalue weighted by Gasteiger charge is 2.13. The molecule has 1 N–H and O–H groups in total. The first-order valence-electron chi connectivity index (χ1n) is 9.31. The maximum Gasteiger partial charge on any atom is 0.234 e. The van der Waals surface area contributed by atoms with Gasteiger partial charge in [-0.1, -0.05) is 60.3 Å². The van der Waals surface area contributed by atoms with Gasteiger partial charge in [-0.15, -0.1) is 10.2 Å². The highest BCUT2D eigenvalue weighted by Crippen LogP contribution is 2.33. The summed E-state index contributed by atoms with van der Waals surface area (Å²) in [6.07, 6.45) is 0. The number of rotatable bonds is 4. The third-order valence-corrected chi connectivity index (χ3v) is 5.62. The van der Waals surface area contributed by atoms with Crippen molar-refractivity contribution < 1.29 is 9.18 Å². The van der Waals surface area contributed by atoms with Crippen LogP contribution in [0.2, 0.25) is 0 Å². The van der Waals surface area contributed by atoms with Gasteiger partial charge in [0.05, 0.1) is 5.75 Å². The van der Waals surface area contributed by atoms with E-state index >= 15 is 0 Å². The van der Waals surface area contributed by atoms with Gasteiger partial charge in [-0.3, -0.25) is 4.79 Å². The lowest BCUT2D eigenvalue weighted by Crippen LogP contribution is -2.14. The number of nitrogens with one attached hydrogen (secondary N) is 1. The predicted molar refractivity (Wildman–Crippen MR) is 118 cm³/mol. The zero-order valence-corrected chi connectivity index (χ0v) is 16.5. The molecule has 0 atom stereocenters. The zero-order valence-electron chi connectivity index (χ0n) is 15.7. The minimum Gasteiger partial charge on any atom is -0.325 e. The molecule has 0 radical (unpaired) electrons. The van der Waals surface area contributed by atoms with Gasteiger partial charge in [0.1, 0.15) is 16.9 Å². The second kappa shape index (κ2) is 7.68. The van der Waals surface area contributed by atoms with E-state index in [0.717, 1.165) is 32.6 Å². The van der Waals surface area contributed by atoms with Crippen LogP contribution in [-0.2, 0) is 4.79 Å². The van der Waals surface area contributed by atoms with Crippen LogP contribution < -0.4 is 5.32 Å². The fraction of sp³-hybridized carbons (Fsp3) is 0.0435. The van der Waals surface area contributed by atoms with Crippen molar-refractivity contribution in [2.24, 2.45) is 0 Å². The summed E-state index contributed by atoms with van der Waals surface area (Å²) in [5.74, 6) is -0.452. The van der Waals surface area contributed by atoms with E-state index in [2.05, 4.69) is 27.6 Å². The first-order valence-corrected chi connectivity index (χ1v) is 10.3. The highest BCUT2D eigenvalue weighted by atomic mass is 32.2. The van der Waals surface area contributed by atoms with E-state index in [0.29, 0.717) is 10.8 Å². The Labute approximate surface area is 175 Å². The Bertz CT molecular complexity index is 1370. The van der Waals surface area contributed by atoms with E-state index in [1.807, 2.05) is 36.4 Å². The van der Waals surface area contributed by atoms with Crippen molar-refractivity contribution in [3.63, 3.8) is 0 Å². The molecule has 1 heterocycles. The Balaban J connectivity index is 1.46. The van der Waals surface area contributed by atoms with E-state index in [1.165, 1.54) is 36.0 Å². The predicted octanol–water partition coefficient (Wildman–Crippen LogP) is 5.20. The van der Waals surface area contributed by atoms with Gasteiger partial charge in [0.2, 0.25) is 11.1 Å². The quantitative estimate of drug-likeness (QED) is 0.323. The molecular weight excluding hydrogens is 399 g/mol. The summed E-state index contributed by atoms with van der Waals surface area (Å²) in [7, 11) is 0. The molecule has 5 aromatic rings. The summed E-state index contributed by atoms with van der Waals surface area (Å²) < 4.78 is 13.0. The molecule has 0 unspecified atom stereocenters. The smallest absolute Gasteiger partial charge is 0.234 e. The van der Waals surface area contributed by atoms with Crippen LogP contribution in [0.3, 0.4) is 0 Å². The van der Waals surface area contributed by atoms with Crippen LogP contribution in [0.4, 0.5) is 10.1 Å². The summed E-state index contributed by atoms with van der Waals surface area (Å²) in [5.41, 5.74) is 2.04. The van der Waals surface area contributed by atoms with Gasteiger partial charge in [-0.2, -0.15) is 0 Å². The molecular formula is C23H15FN4OS. The third kappa shape index (κ3) is 3.44. The summed E-state index contributed by atoms with van der Waals surface area (Å²) >= 11 is 1.21. The molecule has 0 bridgehead atoms. The number of anilines is 1. The van der Waals surface area contributed by atoms with Gasteiger partial charge in [0.15, 0.2) is 0 Å². The molecule has 1 amide bonds. The van der Waals surface area contributed by atoms with Crippen LogP contribution in [0.25, 0.3) is 32.6 Å². The second-order valence-electron chi connectivity index (χ2n) is 6.73. The number of benzene rings is 4. The number of amides is 1. The molecule has 0 aliphatic carbocycles. The van der Waals surface area contributed by atoms with Crippen molar-refractivity contribution in [2.45, 2.75) is 5.16 Å². The molecule has 0 spiro atoms. The first-order chi connectivity index (χ1) is 14.7. The summed E-state index contributed by atoms with van der Waals surface area (Å²) in [6, 6.07) is 21.8. The Morgan fingerprint density at radius 2 is 1.40 bits per heavy atom. The Kier molecular flexibility index (Phi) is 4.72. The molecule has 146 valence electrons. The minimum atomic E-state index is -0.349. The van der Waals surface area contributed by atoms with Crippen molar-refractivity contribution in [2.75, 3.05) is 11.1 Å². The summed E-state index contributed by atoms with van der Waals surface area (Å²) in [4.78, 5) is 16.9. The van der Waals surface area contributed by atoms with Crippen molar-refractivity contribution in [1.82, 2.24) is 15.2 Å². The minimum absolute atomic E-state index is 0.121. The molecule has 0 fully saturated rings. The molecule has 7 heteroatoms. The Morgan fingerprint density at radius 1 is 0.800 bits per heavy atom. The zero-order chi connectivity index (χ0) is 20.5. The fourth-order valence-electron chi connectivity index (χ4n) is 3.45. The van der Waals surface area contributed by atoms with Crippen LogP contribution in [-0.4, -0.2) is 26.8 Å². The molecule has 0 saturated carbocycles. The number of fused-ring (bicyclic) bond motifs is 6. The second-order valence-corrected chi connectivity index (χ2v) is 7.67. The number of halogens is 1. The van der Waals surface area contributed by atoms with Gasteiger partial charge in [0.25, 0.3) is 0 Å². The van der Waals surface area contributed by atoms with Crippen LogP contribution in [0.5, 0.6) is 0 Å². The van der Waals surface area contributed by atoms with Crippen molar-refractivity contribution >= 4 is 55.9 Å². The maximum atomic E-state index is 13.0. The number of aromatic nitrogens is 3. The molecule has 1 aromatic heterocycles. The van der Waals surface area contributed by atoms with E-state index in [-0.39, 0.29) is 17.5 Å². The average Bonchev–Trinajstić information content (AvgIpc) is 2.79. The Morgan fingerprint density at radius 3 is 2.07 bits per heavy atom. The number of hydrogen-bond acceptors (Lipinski definition) is 5. The summed E-state index contributed by atoms with van der Waals surface area (Å²) in [6.45, 7) is 0. The van der Waals surface area contributed by atoms with Gasteiger partial charge in [-0.25, -0.2) is 9.37 Å². The number of carbonyl (C=O) groups is 1. The van der Waals surface area contributed by atoms with E-state index in [4.69, 9.17) is 4.98 Å². The summed E-state index contributed by atoms with van der Waals surface area (Å²) in [5, 5.41) is 16.0. The lowest BCUT2D eigenvalue weighted by Gasteiger charge is -2.09. The third-order valence-electron chi connectivity index (χ3n) is 4.78. The van der Waals surface area contributed by atoms with Crippen LogP contribution in [0, 0.1) is 5.82 Å². The van der Waals surface area contributed by atoms with Gasteiger partial charge in [0, 0.05) is 16.5 Å². The molecule has 0 saturated heterocycles. The molecule has 0 aliphatic rings. The van der Waals surface area contributed by atoms with Crippen LogP contribution in [0.1, 0.15) is 0 Å². The normalized spacial score (nSPS) is 11.2. The van der Waals surface area contributed by atoms with Crippen molar-refractivity contribution in [1.29, 1.82) is 0 Å². The first kappa shape index (κ1) is 18.4. The molecule has 5 rings (SSSR count). The largest absolute Gasteiger partial charge is 0.325 e. The number of hydrogen-bond donors (Lipinski definition) is 1. The highest BCUT2D eigenvalue weighted by molar-refractivity contribution is 7.99. The molecule has 30 heavy (non-hydrogen) atoms. The lowest BCUT2D eigenvalue weighted by atomic mass is 10.00. The average molecular weight is 414 g/mol.